The van der Waals surface area contributed by atoms with Gasteiger partial charge in [-0.15, -0.1) is 0 Å². The molecule has 6 heteroatoms. The molecule has 112 valence electrons. The van der Waals surface area contributed by atoms with E-state index in [1.807, 2.05) is 6.07 Å². The number of hydrogen-bond acceptors (Lipinski definition) is 4. The van der Waals surface area contributed by atoms with Crippen LogP contribution in [0.1, 0.15) is 0 Å². The number of anilines is 1. The molecule has 1 aliphatic heterocycles. The SMILES string of the molecule is Fc1ccc2cc(-c3cnc(N4CCOCC4)nc3)[nH]c2c1. The van der Waals surface area contributed by atoms with Crippen LogP contribution in [0.25, 0.3) is 22.2 Å². The molecule has 3 heterocycles. The van der Waals surface area contributed by atoms with Crippen LogP contribution in [0.5, 0.6) is 0 Å². The highest BCUT2D eigenvalue weighted by atomic mass is 19.1. The maximum absolute atomic E-state index is 13.2. The number of H-pyrrole nitrogens is 1. The summed E-state index contributed by atoms with van der Waals surface area (Å²) in [6.07, 6.45) is 3.58. The normalized spacial score (nSPS) is 15.4. The van der Waals surface area contributed by atoms with E-state index in [-0.39, 0.29) is 5.82 Å². The van der Waals surface area contributed by atoms with Crippen molar-refractivity contribution < 1.29 is 9.13 Å². The molecule has 3 aromatic rings. The van der Waals surface area contributed by atoms with Gasteiger partial charge in [0.15, 0.2) is 0 Å². The fraction of sp³-hybridized carbons (Fsp3) is 0.250. The maximum atomic E-state index is 13.2. The number of morpholine rings is 1. The molecule has 0 spiro atoms. The van der Waals surface area contributed by atoms with Gasteiger partial charge in [-0.2, -0.15) is 0 Å². The zero-order chi connectivity index (χ0) is 14.9. The van der Waals surface area contributed by atoms with Gasteiger partial charge in [0.1, 0.15) is 5.82 Å². The zero-order valence-electron chi connectivity index (χ0n) is 11.9. The molecule has 0 radical (unpaired) electrons. The second-order valence-electron chi connectivity index (χ2n) is 5.29. The van der Waals surface area contributed by atoms with Crippen LogP contribution in [0.3, 0.4) is 0 Å². The first-order valence-corrected chi connectivity index (χ1v) is 7.23. The molecule has 0 amide bonds. The van der Waals surface area contributed by atoms with Crippen molar-refractivity contribution in [3.8, 4) is 11.3 Å². The summed E-state index contributed by atoms with van der Waals surface area (Å²) in [4.78, 5) is 14.2. The van der Waals surface area contributed by atoms with Gasteiger partial charge in [-0.1, -0.05) is 0 Å². The summed E-state index contributed by atoms with van der Waals surface area (Å²) in [7, 11) is 0. The number of halogens is 1. The number of nitrogens with one attached hydrogen (secondary N) is 1. The fourth-order valence-electron chi connectivity index (χ4n) is 2.64. The van der Waals surface area contributed by atoms with Crippen molar-refractivity contribution in [1.29, 1.82) is 0 Å². The van der Waals surface area contributed by atoms with E-state index >= 15 is 0 Å². The molecule has 1 fully saturated rings. The first kappa shape index (κ1) is 13.2. The number of fused-ring (bicyclic) bond motifs is 1. The van der Waals surface area contributed by atoms with Crippen molar-refractivity contribution in [2.24, 2.45) is 0 Å². The van der Waals surface area contributed by atoms with Gasteiger partial charge in [0.25, 0.3) is 0 Å². The lowest BCUT2D eigenvalue weighted by Crippen LogP contribution is -2.37. The van der Waals surface area contributed by atoms with Crippen molar-refractivity contribution in [1.82, 2.24) is 15.0 Å². The number of rotatable bonds is 2. The molecule has 1 aromatic carbocycles. The van der Waals surface area contributed by atoms with Gasteiger partial charge < -0.3 is 14.6 Å². The number of nitrogens with zero attached hydrogens (tertiary/aromatic N) is 3. The van der Waals surface area contributed by atoms with Crippen LogP contribution in [0.15, 0.2) is 36.7 Å². The zero-order valence-corrected chi connectivity index (χ0v) is 11.9. The number of aromatic nitrogens is 3. The van der Waals surface area contributed by atoms with Crippen molar-refractivity contribution in [2.45, 2.75) is 0 Å². The second-order valence-corrected chi connectivity index (χ2v) is 5.29. The van der Waals surface area contributed by atoms with Crippen LogP contribution in [0.2, 0.25) is 0 Å². The quantitative estimate of drug-likeness (QED) is 0.790. The summed E-state index contributed by atoms with van der Waals surface area (Å²) in [5.74, 6) is 0.467. The van der Waals surface area contributed by atoms with Gasteiger partial charge in [-0.05, 0) is 24.3 Å². The molecule has 2 aromatic heterocycles. The van der Waals surface area contributed by atoms with Crippen molar-refractivity contribution in [3.63, 3.8) is 0 Å². The minimum absolute atomic E-state index is 0.250. The number of hydrogen-bond donors (Lipinski definition) is 1. The topological polar surface area (TPSA) is 54.0 Å². The summed E-state index contributed by atoms with van der Waals surface area (Å²) in [5.41, 5.74) is 2.54. The predicted molar refractivity (Wildman–Crippen MR) is 82.3 cm³/mol. The van der Waals surface area contributed by atoms with E-state index in [4.69, 9.17) is 4.74 Å². The van der Waals surface area contributed by atoms with Crippen LogP contribution in [-0.4, -0.2) is 41.3 Å². The fourth-order valence-corrected chi connectivity index (χ4v) is 2.64. The van der Waals surface area contributed by atoms with E-state index in [9.17, 15) is 4.39 Å². The van der Waals surface area contributed by atoms with E-state index in [2.05, 4.69) is 19.9 Å². The van der Waals surface area contributed by atoms with E-state index in [1.165, 1.54) is 12.1 Å². The Kier molecular flexibility index (Phi) is 3.23. The third-order valence-electron chi connectivity index (χ3n) is 3.83. The molecule has 22 heavy (non-hydrogen) atoms. The van der Waals surface area contributed by atoms with Gasteiger partial charge in [0.2, 0.25) is 5.95 Å². The lowest BCUT2D eigenvalue weighted by Gasteiger charge is -2.26. The Bertz CT molecular complexity index is 794. The Morgan fingerprint density at radius 3 is 2.64 bits per heavy atom. The Hall–Kier alpha value is -2.47. The van der Waals surface area contributed by atoms with Gasteiger partial charge in [-0.25, -0.2) is 14.4 Å². The first-order chi connectivity index (χ1) is 10.8. The monoisotopic (exact) mass is 298 g/mol. The van der Waals surface area contributed by atoms with Crippen LogP contribution in [0.4, 0.5) is 10.3 Å². The Labute approximate surface area is 126 Å². The Morgan fingerprint density at radius 1 is 1.09 bits per heavy atom. The average Bonchev–Trinajstić information content (AvgIpc) is 2.99. The number of ether oxygens (including phenoxy) is 1. The molecule has 1 N–H and O–H groups in total. The molecule has 0 aliphatic carbocycles. The second kappa shape index (κ2) is 5.38. The molecule has 4 rings (SSSR count). The molecule has 0 bridgehead atoms. The van der Waals surface area contributed by atoms with Crippen LogP contribution >= 0.6 is 0 Å². The summed E-state index contributed by atoms with van der Waals surface area (Å²) in [6, 6.07) is 6.68. The molecule has 0 unspecified atom stereocenters. The minimum Gasteiger partial charge on any atom is -0.378 e. The first-order valence-electron chi connectivity index (χ1n) is 7.23. The third kappa shape index (κ3) is 2.42. The van der Waals surface area contributed by atoms with Crippen molar-refractivity contribution >= 4 is 16.9 Å². The van der Waals surface area contributed by atoms with Gasteiger partial charge >= 0.3 is 0 Å². The maximum Gasteiger partial charge on any atom is 0.225 e. The Balaban J connectivity index is 1.63. The standard InChI is InChI=1S/C16H15FN4O/c17-13-2-1-11-7-14(20-15(11)8-13)12-9-18-16(19-10-12)21-3-5-22-6-4-21/h1-2,7-10,20H,3-6H2. The lowest BCUT2D eigenvalue weighted by atomic mass is 10.2. The molecule has 0 saturated carbocycles. The smallest absolute Gasteiger partial charge is 0.225 e. The summed E-state index contributed by atoms with van der Waals surface area (Å²) < 4.78 is 18.6. The minimum atomic E-state index is -0.250. The van der Waals surface area contributed by atoms with Gasteiger partial charge in [0.05, 0.1) is 13.2 Å². The summed E-state index contributed by atoms with van der Waals surface area (Å²) in [5, 5.41) is 0.966. The molecule has 0 atom stereocenters. The third-order valence-corrected chi connectivity index (χ3v) is 3.83. The number of benzene rings is 1. The van der Waals surface area contributed by atoms with Crippen molar-refractivity contribution in [3.05, 3.63) is 42.5 Å². The van der Waals surface area contributed by atoms with Crippen LogP contribution < -0.4 is 4.90 Å². The lowest BCUT2D eigenvalue weighted by molar-refractivity contribution is 0.122. The predicted octanol–water partition coefficient (Wildman–Crippen LogP) is 2.60. The highest BCUT2D eigenvalue weighted by Gasteiger charge is 2.14. The molecule has 1 aliphatic rings. The molecular formula is C16H15FN4O. The van der Waals surface area contributed by atoms with E-state index < -0.39 is 0 Å². The van der Waals surface area contributed by atoms with E-state index in [0.29, 0.717) is 19.2 Å². The van der Waals surface area contributed by atoms with Gasteiger partial charge in [0, 0.05) is 47.6 Å². The largest absolute Gasteiger partial charge is 0.378 e. The van der Waals surface area contributed by atoms with E-state index in [1.54, 1.807) is 18.5 Å². The summed E-state index contributed by atoms with van der Waals surface area (Å²) >= 11 is 0. The van der Waals surface area contributed by atoms with Crippen LogP contribution in [0, 0.1) is 5.82 Å². The molecular weight excluding hydrogens is 283 g/mol. The molecule has 5 nitrogen and oxygen atoms in total. The molecule has 1 saturated heterocycles. The number of aromatic amines is 1. The van der Waals surface area contributed by atoms with E-state index in [0.717, 1.165) is 35.2 Å². The highest BCUT2D eigenvalue weighted by molar-refractivity contribution is 5.85. The van der Waals surface area contributed by atoms with Crippen molar-refractivity contribution in [2.75, 3.05) is 31.2 Å². The average molecular weight is 298 g/mol. The Morgan fingerprint density at radius 2 is 1.86 bits per heavy atom. The van der Waals surface area contributed by atoms with Gasteiger partial charge in [-0.3, -0.25) is 0 Å². The summed E-state index contributed by atoms with van der Waals surface area (Å²) in [6.45, 7) is 3.04. The highest BCUT2D eigenvalue weighted by Crippen LogP contribution is 2.24. The van der Waals surface area contributed by atoms with Crippen LogP contribution in [-0.2, 0) is 4.74 Å².